The van der Waals surface area contributed by atoms with Crippen LogP contribution >= 0.6 is 0 Å². The number of hydrogen-bond acceptors (Lipinski definition) is 2. The number of rotatable bonds is 2. The number of halogens is 3. The molecular weight excluding hydrogens is 325 g/mol. The fraction of sp³-hybridized carbons (Fsp3) is 0.700. The Balaban J connectivity index is 2.19. The lowest BCUT2D eigenvalue weighted by Gasteiger charge is -2.22. The standard InChI is InChI=1S/C20H31F3N2/c21-20(22,23)18-12-15(14-24)11-17(13-18)16-7-4-2-1-3-5-9-19(25)10-6-8-16/h11-13,16,19H,1-10,14,24-25H2. The van der Waals surface area contributed by atoms with Gasteiger partial charge in [0.05, 0.1) is 5.56 Å². The summed E-state index contributed by atoms with van der Waals surface area (Å²) in [5.41, 5.74) is 12.6. The van der Waals surface area contributed by atoms with E-state index >= 15 is 0 Å². The minimum Gasteiger partial charge on any atom is -0.328 e. The number of alkyl halides is 3. The van der Waals surface area contributed by atoms with Crippen molar-refractivity contribution in [3.63, 3.8) is 0 Å². The van der Waals surface area contributed by atoms with Crippen LogP contribution in [0.1, 0.15) is 86.8 Å². The Morgan fingerprint density at radius 1 is 0.840 bits per heavy atom. The van der Waals surface area contributed by atoms with Crippen LogP contribution in [0.4, 0.5) is 13.2 Å². The van der Waals surface area contributed by atoms with Gasteiger partial charge in [0.2, 0.25) is 0 Å². The molecule has 142 valence electrons. The van der Waals surface area contributed by atoms with Crippen LogP contribution in [0.25, 0.3) is 0 Å². The lowest BCUT2D eigenvalue weighted by molar-refractivity contribution is -0.137. The van der Waals surface area contributed by atoms with Crippen molar-refractivity contribution in [2.24, 2.45) is 11.5 Å². The van der Waals surface area contributed by atoms with Gasteiger partial charge in [0, 0.05) is 12.6 Å². The Kier molecular flexibility index (Phi) is 7.76. The molecule has 0 aromatic heterocycles. The molecular formula is C20H31F3N2. The molecule has 1 fully saturated rings. The molecule has 0 saturated heterocycles. The molecule has 1 aliphatic carbocycles. The van der Waals surface area contributed by atoms with Gasteiger partial charge in [-0.05, 0) is 54.9 Å². The van der Waals surface area contributed by atoms with E-state index in [-0.39, 0.29) is 18.5 Å². The minimum atomic E-state index is -4.33. The molecule has 5 heteroatoms. The third-order valence-electron chi connectivity index (χ3n) is 5.30. The van der Waals surface area contributed by atoms with Crippen molar-refractivity contribution in [2.75, 3.05) is 0 Å². The van der Waals surface area contributed by atoms with E-state index in [0.29, 0.717) is 5.56 Å². The maximum atomic E-state index is 13.2. The van der Waals surface area contributed by atoms with E-state index in [9.17, 15) is 13.2 Å². The Hall–Kier alpha value is -1.07. The Bertz CT molecular complexity index is 528. The highest BCUT2D eigenvalue weighted by atomic mass is 19.4. The van der Waals surface area contributed by atoms with Crippen LogP contribution in [0.2, 0.25) is 0 Å². The molecule has 0 radical (unpaired) electrons. The Labute approximate surface area is 149 Å². The maximum Gasteiger partial charge on any atom is 0.416 e. The van der Waals surface area contributed by atoms with Crippen molar-refractivity contribution < 1.29 is 13.2 Å². The minimum absolute atomic E-state index is 0.133. The van der Waals surface area contributed by atoms with Gasteiger partial charge in [-0.3, -0.25) is 0 Å². The maximum absolute atomic E-state index is 13.2. The summed E-state index contributed by atoms with van der Waals surface area (Å²) >= 11 is 0. The zero-order valence-corrected chi connectivity index (χ0v) is 15.0. The first kappa shape index (κ1) is 20.2. The molecule has 0 amide bonds. The first-order valence-electron chi connectivity index (χ1n) is 9.57. The van der Waals surface area contributed by atoms with Crippen molar-refractivity contribution >= 4 is 0 Å². The molecule has 4 N–H and O–H groups in total. The normalized spacial score (nSPS) is 24.4. The van der Waals surface area contributed by atoms with E-state index in [0.717, 1.165) is 50.5 Å². The van der Waals surface area contributed by atoms with E-state index in [1.807, 2.05) is 6.07 Å². The molecule has 0 heterocycles. The first-order valence-corrected chi connectivity index (χ1v) is 9.57. The van der Waals surface area contributed by atoms with Gasteiger partial charge < -0.3 is 11.5 Å². The Morgan fingerprint density at radius 3 is 2.12 bits per heavy atom. The van der Waals surface area contributed by atoms with Gasteiger partial charge in [0.15, 0.2) is 0 Å². The van der Waals surface area contributed by atoms with Gasteiger partial charge in [-0.25, -0.2) is 0 Å². The van der Waals surface area contributed by atoms with Gasteiger partial charge in [-0.1, -0.05) is 44.6 Å². The highest BCUT2D eigenvalue weighted by molar-refractivity contribution is 5.34. The summed E-state index contributed by atoms with van der Waals surface area (Å²) in [6, 6.07) is 4.59. The lowest BCUT2D eigenvalue weighted by atomic mass is 9.85. The lowest BCUT2D eigenvalue weighted by Crippen LogP contribution is -2.20. The summed E-state index contributed by atoms with van der Waals surface area (Å²) in [6.07, 6.45) is 6.32. The highest BCUT2D eigenvalue weighted by Gasteiger charge is 2.31. The summed E-state index contributed by atoms with van der Waals surface area (Å²) in [4.78, 5) is 0. The van der Waals surface area contributed by atoms with Crippen LogP contribution in [0.15, 0.2) is 18.2 Å². The van der Waals surface area contributed by atoms with E-state index < -0.39 is 11.7 Å². The molecule has 0 aliphatic heterocycles. The Morgan fingerprint density at radius 2 is 1.44 bits per heavy atom. The van der Waals surface area contributed by atoms with Gasteiger partial charge in [-0.2, -0.15) is 13.2 Å². The predicted molar refractivity (Wildman–Crippen MR) is 96.2 cm³/mol. The molecule has 1 aromatic carbocycles. The van der Waals surface area contributed by atoms with Crippen LogP contribution in [0, 0.1) is 0 Å². The van der Waals surface area contributed by atoms with Gasteiger partial charge in [0.1, 0.15) is 0 Å². The van der Waals surface area contributed by atoms with Crippen molar-refractivity contribution in [3.05, 3.63) is 34.9 Å². The van der Waals surface area contributed by atoms with Crippen molar-refractivity contribution in [2.45, 2.75) is 88.9 Å². The molecule has 2 unspecified atom stereocenters. The van der Waals surface area contributed by atoms with Crippen LogP contribution in [-0.2, 0) is 12.7 Å². The molecule has 1 saturated carbocycles. The molecule has 0 bridgehead atoms. The zero-order chi connectivity index (χ0) is 18.3. The topological polar surface area (TPSA) is 52.0 Å². The summed E-state index contributed by atoms with van der Waals surface area (Å²) in [5.74, 6) is 0.166. The molecule has 2 nitrogen and oxygen atoms in total. The molecule has 2 atom stereocenters. The second-order valence-corrected chi connectivity index (χ2v) is 7.40. The summed E-state index contributed by atoms with van der Waals surface area (Å²) in [6.45, 7) is 0.133. The van der Waals surface area contributed by atoms with Crippen molar-refractivity contribution in [1.29, 1.82) is 0 Å². The van der Waals surface area contributed by atoms with Crippen molar-refractivity contribution in [3.8, 4) is 0 Å². The predicted octanol–water partition coefficient (Wildman–Crippen LogP) is 5.49. The number of hydrogen-bond donors (Lipinski definition) is 2. The van der Waals surface area contributed by atoms with Crippen molar-refractivity contribution in [1.82, 2.24) is 0 Å². The largest absolute Gasteiger partial charge is 0.416 e. The van der Waals surface area contributed by atoms with Crippen LogP contribution < -0.4 is 11.5 Å². The second-order valence-electron chi connectivity index (χ2n) is 7.40. The first-order chi connectivity index (χ1) is 11.9. The number of benzene rings is 1. The third kappa shape index (κ3) is 6.63. The van der Waals surface area contributed by atoms with Crippen LogP contribution in [-0.4, -0.2) is 6.04 Å². The zero-order valence-electron chi connectivity index (χ0n) is 15.0. The molecule has 0 spiro atoms. The molecule has 1 aliphatic rings. The quantitative estimate of drug-likeness (QED) is 0.736. The summed E-state index contributed by atoms with van der Waals surface area (Å²) < 4.78 is 39.6. The van der Waals surface area contributed by atoms with E-state index in [4.69, 9.17) is 11.5 Å². The monoisotopic (exact) mass is 356 g/mol. The fourth-order valence-corrected chi connectivity index (χ4v) is 3.81. The average Bonchev–Trinajstić information content (AvgIpc) is 2.56. The molecule has 2 rings (SSSR count). The summed E-state index contributed by atoms with van der Waals surface area (Å²) in [5, 5.41) is 0. The fourth-order valence-electron chi connectivity index (χ4n) is 3.81. The van der Waals surface area contributed by atoms with Crippen LogP contribution in [0.3, 0.4) is 0 Å². The smallest absolute Gasteiger partial charge is 0.328 e. The molecule has 1 aromatic rings. The van der Waals surface area contributed by atoms with Gasteiger partial charge in [0.25, 0.3) is 0 Å². The van der Waals surface area contributed by atoms with E-state index in [2.05, 4.69) is 0 Å². The van der Waals surface area contributed by atoms with E-state index in [1.165, 1.54) is 31.4 Å². The van der Waals surface area contributed by atoms with E-state index in [1.54, 1.807) is 0 Å². The number of nitrogens with two attached hydrogens (primary N) is 2. The highest BCUT2D eigenvalue weighted by Crippen LogP contribution is 2.35. The van der Waals surface area contributed by atoms with Crippen LogP contribution in [0.5, 0.6) is 0 Å². The van der Waals surface area contributed by atoms with Gasteiger partial charge in [-0.15, -0.1) is 0 Å². The van der Waals surface area contributed by atoms with Gasteiger partial charge >= 0.3 is 6.18 Å². The summed E-state index contributed by atoms with van der Waals surface area (Å²) in [7, 11) is 0. The third-order valence-corrected chi connectivity index (χ3v) is 5.30. The second kappa shape index (κ2) is 9.58. The SMILES string of the molecule is NCc1cc(C2CCCCCCCC(N)CCC2)cc(C(F)(F)F)c1. The molecule has 25 heavy (non-hydrogen) atoms. The average molecular weight is 356 g/mol.